The summed E-state index contributed by atoms with van der Waals surface area (Å²) in [6.45, 7) is 2.39. The lowest BCUT2D eigenvalue weighted by Crippen LogP contribution is -2.34. The van der Waals surface area contributed by atoms with Crippen molar-refractivity contribution in [1.82, 2.24) is 15.1 Å². The molecule has 168 valence electrons. The maximum Gasteiger partial charge on any atom is 0.266 e. The van der Waals surface area contributed by atoms with Crippen LogP contribution in [0.1, 0.15) is 12.5 Å². The molecule has 32 heavy (non-hydrogen) atoms. The number of aryl methyl sites for hydroxylation is 1. The summed E-state index contributed by atoms with van der Waals surface area (Å²) in [6.07, 6.45) is 0.820. The van der Waals surface area contributed by atoms with Crippen molar-refractivity contribution in [1.29, 1.82) is 0 Å². The van der Waals surface area contributed by atoms with Crippen molar-refractivity contribution in [3.05, 3.63) is 70.5 Å². The molecular weight excluding hydrogens is 410 g/mol. The Balaban J connectivity index is 1.62. The van der Waals surface area contributed by atoms with Gasteiger partial charge in [-0.05, 0) is 42.3 Å². The van der Waals surface area contributed by atoms with Crippen molar-refractivity contribution < 1.29 is 19.0 Å². The molecule has 1 N–H and O–H groups in total. The molecule has 2 aromatic carbocycles. The number of aromatic nitrogens is 2. The van der Waals surface area contributed by atoms with E-state index in [-0.39, 0.29) is 31.2 Å². The average molecular weight is 437 g/mol. The fourth-order valence-electron chi connectivity index (χ4n) is 3.20. The maximum atomic E-state index is 12.2. The molecule has 0 aliphatic heterocycles. The van der Waals surface area contributed by atoms with Crippen LogP contribution in [0.4, 0.5) is 0 Å². The highest BCUT2D eigenvalue weighted by atomic mass is 16.5. The van der Waals surface area contributed by atoms with E-state index in [1.807, 2.05) is 31.2 Å². The standard InChI is InChI=1S/C24H27N3O5/c1-4-17-7-5-6-8-21(17)32-16-23(28)25-13-14-27-24(29)12-10-20(26-27)19-15-18(30-2)9-11-22(19)31-3/h5-12,15H,4,13-14,16H2,1-3H3,(H,25,28). The molecule has 0 radical (unpaired) electrons. The summed E-state index contributed by atoms with van der Waals surface area (Å²) in [7, 11) is 3.14. The second-order valence-electron chi connectivity index (χ2n) is 6.95. The molecule has 8 nitrogen and oxygen atoms in total. The van der Waals surface area contributed by atoms with Crippen LogP contribution in [-0.4, -0.2) is 43.1 Å². The monoisotopic (exact) mass is 437 g/mol. The van der Waals surface area contributed by atoms with Crippen molar-refractivity contribution >= 4 is 5.91 Å². The molecule has 3 rings (SSSR count). The van der Waals surface area contributed by atoms with E-state index in [1.165, 1.54) is 10.7 Å². The third kappa shape index (κ3) is 5.66. The van der Waals surface area contributed by atoms with E-state index in [1.54, 1.807) is 38.5 Å². The lowest BCUT2D eigenvalue weighted by molar-refractivity contribution is -0.123. The van der Waals surface area contributed by atoms with E-state index in [0.717, 1.165) is 12.0 Å². The van der Waals surface area contributed by atoms with Crippen LogP contribution in [0.5, 0.6) is 17.2 Å². The SMILES string of the molecule is CCc1ccccc1OCC(=O)NCCn1nc(-c2cc(OC)ccc2OC)ccc1=O. The topological polar surface area (TPSA) is 91.7 Å². The predicted molar refractivity (Wildman–Crippen MR) is 121 cm³/mol. The lowest BCUT2D eigenvalue weighted by Gasteiger charge is -2.12. The first-order valence-electron chi connectivity index (χ1n) is 10.3. The fourth-order valence-corrected chi connectivity index (χ4v) is 3.20. The van der Waals surface area contributed by atoms with E-state index in [9.17, 15) is 9.59 Å². The largest absolute Gasteiger partial charge is 0.497 e. The molecule has 0 spiro atoms. The zero-order valence-corrected chi connectivity index (χ0v) is 18.5. The van der Waals surface area contributed by atoms with E-state index < -0.39 is 0 Å². The normalized spacial score (nSPS) is 10.5. The Morgan fingerprint density at radius 3 is 2.59 bits per heavy atom. The summed E-state index contributed by atoms with van der Waals surface area (Å²) in [5, 5.41) is 7.18. The third-order valence-corrected chi connectivity index (χ3v) is 4.91. The van der Waals surface area contributed by atoms with E-state index in [2.05, 4.69) is 10.4 Å². The van der Waals surface area contributed by atoms with Gasteiger partial charge in [0, 0.05) is 18.2 Å². The van der Waals surface area contributed by atoms with Crippen molar-refractivity contribution in [3.63, 3.8) is 0 Å². The number of rotatable bonds is 10. The number of nitrogens with zero attached hydrogens (tertiary/aromatic N) is 2. The van der Waals surface area contributed by atoms with Crippen LogP contribution < -0.4 is 25.1 Å². The molecule has 0 aliphatic rings. The molecule has 1 aromatic heterocycles. The molecule has 1 amide bonds. The molecule has 0 bridgehead atoms. The number of hydrogen-bond acceptors (Lipinski definition) is 6. The summed E-state index contributed by atoms with van der Waals surface area (Å²) in [4.78, 5) is 24.4. The molecule has 0 unspecified atom stereocenters. The van der Waals surface area contributed by atoms with Gasteiger partial charge < -0.3 is 19.5 Å². The molecule has 0 fully saturated rings. The number of ether oxygens (including phenoxy) is 3. The molecule has 1 heterocycles. The molecule has 8 heteroatoms. The maximum absolute atomic E-state index is 12.2. The molecule has 0 saturated carbocycles. The first kappa shape index (κ1) is 22.9. The number of amides is 1. The van der Waals surface area contributed by atoms with Crippen LogP contribution in [0.3, 0.4) is 0 Å². The summed E-state index contributed by atoms with van der Waals surface area (Å²) in [5.74, 6) is 1.69. The van der Waals surface area contributed by atoms with Crippen molar-refractivity contribution in [2.75, 3.05) is 27.4 Å². The third-order valence-electron chi connectivity index (χ3n) is 4.91. The number of hydrogen-bond donors (Lipinski definition) is 1. The van der Waals surface area contributed by atoms with Crippen LogP contribution in [0.25, 0.3) is 11.3 Å². The minimum atomic E-state index is -0.269. The Morgan fingerprint density at radius 1 is 1.03 bits per heavy atom. The van der Waals surface area contributed by atoms with E-state index in [0.29, 0.717) is 28.5 Å². The Kier molecular flexibility index (Phi) is 7.85. The van der Waals surface area contributed by atoms with Gasteiger partial charge >= 0.3 is 0 Å². The minimum Gasteiger partial charge on any atom is -0.497 e. The van der Waals surface area contributed by atoms with Crippen LogP contribution in [0.2, 0.25) is 0 Å². The molecular formula is C24H27N3O5. The van der Waals surface area contributed by atoms with Gasteiger partial charge in [0.1, 0.15) is 17.2 Å². The van der Waals surface area contributed by atoms with Crippen molar-refractivity contribution in [3.8, 4) is 28.5 Å². The second-order valence-corrected chi connectivity index (χ2v) is 6.95. The smallest absolute Gasteiger partial charge is 0.266 e. The average Bonchev–Trinajstić information content (AvgIpc) is 2.83. The first-order valence-corrected chi connectivity index (χ1v) is 10.3. The van der Waals surface area contributed by atoms with Gasteiger partial charge in [0.2, 0.25) is 0 Å². The number of carbonyl (C=O) groups is 1. The Labute approximate surface area is 186 Å². The summed E-state index contributed by atoms with van der Waals surface area (Å²) < 4.78 is 17.6. The number of nitrogens with one attached hydrogen (secondary N) is 1. The Morgan fingerprint density at radius 2 is 1.84 bits per heavy atom. The lowest BCUT2D eigenvalue weighted by atomic mass is 10.1. The second kappa shape index (κ2) is 11.0. The number of methoxy groups -OCH3 is 2. The van der Waals surface area contributed by atoms with Crippen LogP contribution in [0, 0.1) is 0 Å². The van der Waals surface area contributed by atoms with Gasteiger partial charge in [0.05, 0.1) is 26.5 Å². The van der Waals surface area contributed by atoms with Crippen LogP contribution >= 0.6 is 0 Å². The number of para-hydroxylation sites is 1. The Bertz CT molecular complexity index is 1130. The quantitative estimate of drug-likeness (QED) is 0.524. The van der Waals surface area contributed by atoms with Gasteiger partial charge in [-0.25, -0.2) is 4.68 Å². The van der Waals surface area contributed by atoms with E-state index in [4.69, 9.17) is 14.2 Å². The highest BCUT2D eigenvalue weighted by Gasteiger charge is 2.11. The zero-order valence-electron chi connectivity index (χ0n) is 18.5. The van der Waals surface area contributed by atoms with Gasteiger partial charge in [-0.15, -0.1) is 0 Å². The number of benzene rings is 2. The Hall–Kier alpha value is -3.81. The van der Waals surface area contributed by atoms with Gasteiger partial charge in [0.25, 0.3) is 11.5 Å². The summed E-state index contributed by atoms with van der Waals surface area (Å²) >= 11 is 0. The van der Waals surface area contributed by atoms with Crippen LogP contribution in [0.15, 0.2) is 59.4 Å². The van der Waals surface area contributed by atoms with Gasteiger partial charge in [-0.1, -0.05) is 25.1 Å². The predicted octanol–water partition coefficient (Wildman–Crippen LogP) is 2.69. The summed E-state index contributed by atoms with van der Waals surface area (Å²) in [5.41, 5.74) is 2.04. The molecule has 0 aliphatic carbocycles. The number of carbonyl (C=O) groups excluding carboxylic acids is 1. The first-order chi connectivity index (χ1) is 15.5. The molecule has 0 atom stereocenters. The van der Waals surface area contributed by atoms with Crippen LogP contribution in [-0.2, 0) is 17.8 Å². The molecule has 3 aromatic rings. The zero-order chi connectivity index (χ0) is 22.9. The molecule has 0 saturated heterocycles. The van der Waals surface area contributed by atoms with Crippen molar-refractivity contribution in [2.45, 2.75) is 19.9 Å². The van der Waals surface area contributed by atoms with Crippen molar-refractivity contribution in [2.24, 2.45) is 0 Å². The van der Waals surface area contributed by atoms with Gasteiger partial charge in [-0.3, -0.25) is 9.59 Å². The highest BCUT2D eigenvalue weighted by Crippen LogP contribution is 2.31. The minimum absolute atomic E-state index is 0.0968. The highest BCUT2D eigenvalue weighted by molar-refractivity contribution is 5.77. The fraction of sp³-hybridized carbons (Fsp3) is 0.292. The summed E-state index contributed by atoms with van der Waals surface area (Å²) in [6, 6.07) is 16.0. The van der Waals surface area contributed by atoms with Gasteiger partial charge in [-0.2, -0.15) is 5.10 Å². The van der Waals surface area contributed by atoms with Gasteiger partial charge in [0.15, 0.2) is 6.61 Å². The van der Waals surface area contributed by atoms with E-state index >= 15 is 0 Å².